The van der Waals surface area contributed by atoms with Crippen LogP contribution in [-0.4, -0.2) is 41.4 Å². The fourth-order valence-corrected chi connectivity index (χ4v) is 2.98. The topological polar surface area (TPSA) is 59.0 Å². The summed E-state index contributed by atoms with van der Waals surface area (Å²) in [5, 5.41) is 9.57. The molecule has 0 radical (unpaired) electrons. The van der Waals surface area contributed by atoms with Gasteiger partial charge in [-0.05, 0) is 17.5 Å². The summed E-state index contributed by atoms with van der Waals surface area (Å²) in [6, 6.07) is 19.2. The smallest absolute Gasteiger partial charge is 0.410 e. The second kappa shape index (κ2) is 8.65. The van der Waals surface area contributed by atoms with E-state index in [1.807, 2.05) is 60.7 Å². The van der Waals surface area contributed by atoms with Crippen LogP contribution in [0.25, 0.3) is 0 Å². The van der Waals surface area contributed by atoms with Gasteiger partial charge in [0.05, 0.1) is 31.9 Å². The van der Waals surface area contributed by atoms with E-state index in [4.69, 9.17) is 9.47 Å². The van der Waals surface area contributed by atoms with E-state index >= 15 is 0 Å². The number of aliphatic hydroxyl groups is 1. The molecule has 0 spiro atoms. The van der Waals surface area contributed by atoms with Crippen LogP contribution in [0, 0.1) is 0 Å². The average Bonchev–Trinajstić information content (AvgIpc) is 3.09. The summed E-state index contributed by atoms with van der Waals surface area (Å²) in [5.41, 5.74) is 2.03. The highest BCUT2D eigenvalue weighted by Crippen LogP contribution is 2.22. The number of rotatable bonds is 6. The van der Waals surface area contributed by atoms with Crippen LogP contribution in [0.3, 0.4) is 0 Å². The van der Waals surface area contributed by atoms with E-state index in [1.54, 1.807) is 4.90 Å². The Labute approximate surface area is 147 Å². The molecular weight excluding hydrogens is 318 g/mol. The molecule has 25 heavy (non-hydrogen) atoms. The van der Waals surface area contributed by atoms with E-state index < -0.39 is 6.09 Å². The molecule has 0 aliphatic carbocycles. The highest BCUT2D eigenvalue weighted by atomic mass is 16.6. The molecule has 5 nitrogen and oxygen atoms in total. The molecule has 2 atom stereocenters. The second-order valence-corrected chi connectivity index (χ2v) is 6.18. The number of benzene rings is 2. The van der Waals surface area contributed by atoms with Crippen LogP contribution in [0.15, 0.2) is 60.7 Å². The van der Waals surface area contributed by atoms with Gasteiger partial charge in [-0.1, -0.05) is 60.7 Å². The van der Waals surface area contributed by atoms with Crippen molar-refractivity contribution in [3.63, 3.8) is 0 Å². The molecule has 1 aliphatic rings. The molecule has 132 valence electrons. The zero-order valence-corrected chi connectivity index (χ0v) is 14.1. The molecule has 1 N–H and O–H groups in total. The van der Waals surface area contributed by atoms with Crippen molar-refractivity contribution in [1.29, 1.82) is 0 Å². The summed E-state index contributed by atoms with van der Waals surface area (Å²) in [7, 11) is 0. The largest absolute Gasteiger partial charge is 0.445 e. The normalized spacial score (nSPS) is 19.8. The first-order chi connectivity index (χ1) is 12.3. The fraction of sp³-hybridized carbons (Fsp3) is 0.350. The molecule has 0 saturated carbocycles. The summed E-state index contributed by atoms with van der Waals surface area (Å²) in [6.45, 7) is 1.07. The van der Waals surface area contributed by atoms with Gasteiger partial charge in [0, 0.05) is 0 Å². The lowest BCUT2D eigenvalue weighted by molar-refractivity contribution is 0.0431. The van der Waals surface area contributed by atoms with Gasteiger partial charge in [0.1, 0.15) is 6.61 Å². The Morgan fingerprint density at radius 3 is 2.20 bits per heavy atom. The van der Waals surface area contributed by atoms with Gasteiger partial charge in [-0.15, -0.1) is 0 Å². The maximum absolute atomic E-state index is 12.3. The molecule has 0 bridgehead atoms. The summed E-state index contributed by atoms with van der Waals surface area (Å²) >= 11 is 0. The zero-order chi connectivity index (χ0) is 17.5. The summed E-state index contributed by atoms with van der Waals surface area (Å²) < 4.78 is 11.3. The number of likely N-dealkylation sites (tertiary alicyclic amines) is 1. The van der Waals surface area contributed by atoms with Crippen molar-refractivity contribution < 1.29 is 19.4 Å². The van der Waals surface area contributed by atoms with Crippen LogP contribution in [0.1, 0.15) is 17.5 Å². The predicted octanol–water partition coefficient (Wildman–Crippen LogP) is 2.98. The molecule has 2 aromatic carbocycles. The summed E-state index contributed by atoms with van der Waals surface area (Å²) in [4.78, 5) is 13.9. The van der Waals surface area contributed by atoms with Crippen molar-refractivity contribution in [2.24, 2.45) is 0 Å². The molecule has 1 fully saturated rings. The average molecular weight is 341 g/mol. The number of ether oxygens (including phenoxy) is 2. The SMILES string of the molecule is O=C(OCc1ccccc1)N1CC(OCc2ccccc2)CC1CO. The maximum Gasteiger partial charge on any atom is 0.410 e. The molecule has 5 heteroatoms. The van der Waals surface area contributed by atoms with Crippen LogP contribution in [0.2, 0.25) is 0 Å². The Kier molecular flexibility index (Phi) is 6.04. The number of amides is 1. The Balaban J connectivity index is 1.51. The van der Waals surface area contributed by atoms with E-state index in [0.29, 0.717) is 19.6 Å². The predicted molar refractivity (Wildman–Crippen MR) is 93.8 cm³/mol. The van der Waals surface area contributed by atoms with Gasteiger partial charge in [0.25, 0.3) is 0 Å². The Hall–Kier alpha value is -2.37. The minimum Gasteiger partial charge on any atom is -0.445 e. The van der Waals surface area contributed by atoms with E-state index in [-0.39, 0.29) is 25.4 Å². The number of carbonyl (C=O) groups is 1. The summed E-state index contributed by atoms with van der Waals surface area (Å²) in [5.74, 6) is 0. The van der Waals surface area contributed by atoms with Crippen LogP contribution in [0.4, 0.5) is 4.79 Å². The van der Waals surface area contributed by atoms with Crippen molar-refractivity contribution in [1.82, 2.24) is 4.90 Å². The number of aliphatic hydroxyl groups excluding tert-OH is 1. The van der Waals surface area contributed by atoms with Crippen LogP contribution in [-0.2, 0) is 22.7 Å². The first-order valence-electron chi connectivity index (χ1n) is 8.50. The number of nitrogens with zero attached hydrogens (tertiary/aromatic N) is 1. The van der Waals surface area contributed by atoms with Crippen LogP contribution in [0.5, 0.6) is 0 Å². The highest BCUT2D eigenvalue weighted by molar-refractivity contribution is 5.68. The third-order valence-electron chi connectivity index (χ3n) is 4.35. The standard InChI is InChI=1S/C20H23NO4/c22-13-18-11-19(24-14-16-7-3-1-4-8-16)12-21(18)20(23)25-15-17-9-5-2-6-10-17/h1-10,18-19,22H,11-15H2. The molecule has 2 unspecified atom stereocenters. The zero-order valence-electron chi connectivity index (χ0n) is 14.1. The van der Waals surface area contributed by atoms with Gasteiger partial charge in [0.15, 0.2) is 0 Å². The Morgan fingerprint density at radius 2 is 1.60 bits per heavy atom. The Morgan fingerprint density at radius 1 is 1.00 bits per heavy atom. The molecule has 1 aliphatic heterocycles. The number of hydrogen-bond donors (Lipinski definition) is 1. The minimum atomic E-state index is -0.409. The first kappa shape index (κ1) is 17.5. The molecule has 3 rings (SSSR count). The van der Waals surface area contributed by atoms with Gasteiger partial charge in [-0.25, -0.2) is 4.79 Å². The van der Waals surface area contributed by atoms with Crippen molar-refractivity contribution in [3.05, 3.63) is 71.8 Å². The van der Waals surface area contributed by atoms with E-state index in [2.05, 4.69) is 0 Å². The fourth-order valence-electron chi connectivity index (χ4n) is 2.98. The van der Waals surface area contributed by atoms with Crippen molar-refractivity contribution in [2.75, 3.05) is 13.2 Å². The summed E-state index contributed by atoms with van der Waals surface area (Å²) in [6.07, 6.45) is 0.111. The molecule has 1 saturated heterocycles. The molecule has 1 heterocycles. The number of carbonyl (C=O) groups excluding carboxylic acids is 1. The van der Waals surface area contributed by atoms with Gasteiger partial charge in [0.2, 0.25) is 0 Å². The minimum absolute atomic E-state index is 0.0916. The third kappa shape index (κ3) is 4.81. The lowest BCUT2D eigenvalue weighted by Crippen LogP contribution is -2.38. The second-order valence-electron chi connectivity index (χ2n) is 6.18. The van der Waals surface area contributed by atoms with E-state index in [0.717, 1.165) is 11.1 Å². The van der Waals surface area contributed by atoms with E-state index in [9.17, 15) is 9.90 Å². The number of hydrogen-bond acceptors (Lipinski definition) is 4. The first-order valence-corrected chi connectivity index (χ1v) is 8.50. The molecule has 1 amide bonds. The van der Waals surface area contributed by atoms with Crippen molar-refractivity contribution >= 4 is 6.09 Å². The van der Waals surface area contributed by atoms with Crippen LogP contribution >= 0.6 is 0 Å². The quantitative estimate of drug-likeness (QED) is 0.877. The molecule has 0 aromatic heterocycles. The van der Waals surface area contributed by atoms with Gasteiger partial charge < -0.3 is 19.5 Å². The lowest BCUT2D eigenvalue weighted by Gasteiger charge is -2.22. The monoisotopic (exact) mass is 341 g/mol. The lowest BCUT2D eigenvalue weighted by atomic mass is 10.2. The van der Waals surface area contributed by atoms with Crippen molar-refractivity contribution in [2.45, 2.75) is 31.8 Å². The van der Waals surface area contributed by atoms with E-state index in [1.165, 1.54) is 0 Å². The molecule has 2 aromatic rings. The highest BCUT2D eigenvalue weighted by Gasteiger charge is 2.36. The third-order valence-corrected chi connectivity index (χ3v) is 4.35. The van der Waals surface area contributed by atoms with Gasteiger partial charge in [-0.2, -0.15) is 0 Å². The van der Waals surface area contributed by atoms with Crippen molar-refractivity contribution in [3.8, 4) is 0 Å². The van der Waals surface area contributed by atoms with Crippen LogP contribution < -0.4 is 0 Å². The van der Waals surface area contributed by atoms with Gasteiger partial charge >= 0.3 is 6.09 Å². The maximum atomic E-state index is 12.3. The molecular formula is C20H23NO4. The Bertz CT molecular complexity index is 662. The van der Waals surface area contributed by atoms with Gasteiger partial charge in [-0.3, -0.25) is 0 Å².